The van der Waals surface area contributed by atoms with Gasteiger partial charge in [0.2, 0.25) is 0 Å². The lowest BCUT2D eigenvalue weighted by atomic mass is 9.99. The van der Waals surface area contributed by atoms with Gasteiger partial charge in [-0.1, -0.05) is 15.9 Å². The predicted octanol–water partition coefficient (Wildman–Crippen LogP) is 2.90. The summed E-state index contributed by atoms with van der Waals surface area (Å²) >= 11 is 3.48. The van der Waals surface area contributed by atoms with Gasteiger partial charge < -0.3 is 15.2 Å². The summed E-state index contributed by atoms with van der Waals surface area (Å²) in [6.45, 7) is 0.887. The second-order valence-corrected chi connectivity index (χ2v) is 5.71. The highest BCUT2D eigenvalue weighted by molar-refractivity contribution is 9.10. The van der Waals surface area contributed by atoms with E-state index >= 15 is 0 Å². The number of ether oxygens (including phenoxy) is 2. The van der Waals surface area contributed by atoms with Gasteiger partial charge in [-0.3, -0.25) is 0 Å². The van der Waals surface area contributed by atoms with Crippen molar-refractivity contribution in [2.75, 3.05) is 13.7 Å². The molecule has 0 bridgehead atoms. The summed E-state index contributed by atoms with van der Waals surface area (Å²) in [5, 5.41) is 0. The van der Waals surface area contributed by atoms with Crippen LogP contribution in [-0.4, -0.2) is 25.9 Å². The van der Waals surface area contributed by atoms with Crippen molar-refractivity contribution in [3.8, 4) is 5.75 Å². The Hall–Kier alpha value is -0.580. The fourth-order valence-electron chi connectivity index (χ4n) is 2.44. The first kappa shape index (κ1) is 13.8. The summed E-state index contributed by atoms with van der Waals surface area (Å²) in [4.78, 5) is 0. The van der Waals surface area contributed by atoms with Gasteiger partial charge in [0.05, 0.1) is 13.2 Å². The van der Waals surface area contributed by atoms with Gasteiger partial charge in [-0.2, -0.15) is 0 Å². The van der Waals surface area contributed by atoms with Crippen LogP contribution < -0.4 is 10.5 Å². The number of halogens is 1. The van der Waals surface area contributed by atoms with Crippen molar-refractivity contribution in [3.63, 3.8) is 0 Å². The third-order valence-electron chi connectivity index (χ3n) is 3.31. The van der Waals surface area contributed by atoms with Gasteiger partial charge in [0.25, 0.3) is 0 Å². The minimum Gasteiger partial charge on any atom is -0.496 e. The monoisotopic (exact) mass is 313 g/mol. The molecule has 0 aromatic heterocycles. The van der Waals surface area contributed by atoms with Gasteiger partial charge in [0.15, 0.2) is 0 Å². The Kier molecular flexibility index (Phi) is 5.03. The maximum absolute atomic E-state index is 6.21. The SMILES string of the molecule is COc1ccc(Br)cc1CC(N)CC1CCCO1. The van der Waals surface area contributed by atoms with E-state index in [1.807, 2.05) is 12.1 Å². The third-order valence-corrected chi connectivity index (χ3v) is 3.81. The molecule has 1 fully saturated rings. The van der Waals surface area contributed by atoms with Gasteiger partial charge in [-0.05, 0) is 49.4 Å². The molecule has 0 saturated carbocycles. The Labute approximate surface area is 117 Å². The largest absolute Gasteiger partial charge is 0.496 e. The molecule has 0 radical (unpaired) electrons. The van der Waals surface area contributed by atoms with Crippen molar-refractivity contribution in [2.24, 2.45) is 5.73 Å². The number of methoxy groups -OCH3 is 1. The third kappa shape index (κ3) is 3.70. The zero-order chi connectivity index (χ0) is 13.0. The molecule has 1 aromatic carbocycles. The first-order valence-electron chi connectivity index (χ1n) is 6.38. The maximum atomic E-state index is 6.21. The Balaban J connectivity index is 1.96. The van der Waals surface area contributed by atoms with Crippen LogP contribution in [0.2, 0.25) is 0 Å². The average Bonchev–Trinajstić information content (AvgIpc) is 2.82. The van der Waals surface area contributed by atoms with Crippen molar-refractivity contribution in [1.29, 1.82) is 0 Å². The molecule has 1 aliphatic rings. The van der Waals surface area contributed by atoms with Crippen LogP contribution in [0.4, 0.5) is 0 Å². The fourth-order valence-corrected chi connectivity index (χ4v) is 2.85. The van der Waals surface area contributed by atoms with Crippen LogP contribution in [0.5, 0.6) is 5.75 Å². The second-order valence-electron chi connectivity index (χ2n) is 4.79. The lowest BCUT2D eigenvalue weighted by Gasteiger charge is -2.17. The summed E-state index contributed by atoms with van der Waals surface area (Å²) < 4.78 is 12.0. The number of nitrogens with two attached hydrogens (primary N) is 1. The molecule has 2 N–H and O–H groups in total. The molecule has 100 valence electrons. The van der Waals surface area contributed by atoms with Crippen LogP contribution in [0.1, 0.15) is 24.8 Å². The molecular weight excluding hydrogens is 294 g/mol. The number of benzene rings is 1. The first-order chi connectivity index (χ1) is 8.69. The van der Waals surface area contributed by atoms with Crippen LogP contribution in [0.3, 0.4) is 0 Å². The summed E-state index contributed by atoms with van der Waals surface area (Å²) in [7, 11) is 1.69. The van der Waals surface area contributed by atoms with E-state index in [4.69, 9.17) is 15.2 Å². The van der Waals surface area contributed by atoms with Gasteiger partial charge in [0, 0.05) is 17.1 Å². The molecule has 0 amide bonds. The quantitative estimate of drug-likeness (QED) is 0.909. The molecule has 1 aromatic rings. The predicted molar refractivity (Wildman–Crippen MR) is 76.0 cm³/mol. The Morgan fingerprint density at radius 3 is 3.06 bits per heavy atom. The van der Waals surface area contributed by atoms with E-state index in [1.54, 1.807) is 7.11 Å². The van der Waals surface area contributed by atoms with Crippen molar-refractivity contribution >= 4 is 15.9 Å². The number of rotatable bonds is 5. The molecule has 1 aliphatic heterocycles. The standard InChI is InChI=1S/C14H20BrNO2/c1-17-14-5-4-11(15)7-10(14)8-12(16)9-13-3-2-6-18-13/h4-5,7,12-13H,2-3,6,8-9,16H2,1H3. The molecule has 2 unspecified atom stereocenters. The van der Waals surface area contributed by atoms with E-state index in [0.29, 0.717) is 6.10 Å². The first-order valence-corrected chi connectivity index (χ1v) is 7.18. The molecule has 18 heavy (non-hydrogen) atoms. The van der Waals surface area contributed by atoms with Crippen molar-refractivity contribution < 1.29 is 9.47 Å². The van der Waals surface area contributed by atoms with Gasteiger partial charge in [-0.25, -0.2) is 0 Å². The molecular formula is C14H20BrNO2. The van der Waals surface area contributed by atoms with E-state index < -0.39 is 0 Å². The van der Waals surface area contributed by atoms with Crippen molar-refractivity contribution in [3.05, 3.63) is 28.2 Å². The van der Waals surface area contributed by atoms with Gasteiger partial charge >= 0.3 is 0 Å². The minimum atomic E-state index is 0.122. The lowest BCUT2D eigenvalue weighted by molar-refractivity contribution is 0.0983. The highest BCUT2D eigenvalue weighted by atomic mass is 79.9. The van der Waals surface area contributed by atoms with Crippen LogP contribution in [0.25, 0.3) is 0 Å². The Morgan fingerprint density at radius 2 is 2.39 bits per heavy atom. The summed E-state index contributed by atoms with van der Waals surface area (Å²) in [5.41, 5.74) is 7.36. The van der Waals surface area contributed by atoms with Gasteiger partial charge in [0.1, 0.15) is 5.75 Å². The normalized spacial score (nSPS) is 20.9. The Morgan fingerprint density at radius 1 is 1.56 bits per heavy atom. The minimum absolute atomic E-state index is 0.122. The van der Waals surface area contributed by atoms with Crippen LogP contribution in [0.15, 0.2) is 22.7 Å². The maximum Gasteiger partial charge on any atom is 0.122 e. The smallest absolute Gasteiger partial charge is 0.122 e. The van der Waals surface area contributed by atoms with E-state index in [-0.39, 0.29) is 6.04 Å². The number of hydrogen-bond acceptors (Lipinski definition) is 3. The zero-order valence-corrected chi connectivity index (χ0v) is 12.3. The van der Waals surface area contributed by atoms with Crippen LogP contribution >= 0.6 is 15.9 Å². The molecule has 0 spiro atoms. The fraction of sp³-hybridized carbons (Fsp3) is 0.571. The topological polar surface area (TPSA) is 44.5 Å². The molecule has 3 nitrogen and oxygen atoms in total. The molecule has 1 heterocycles. The molecule has 0 aliphatic carbocycles. The Bertz CT molecular complexity index is 391. The van der Waals surface area contributed by atoms with Crippen LogP contribution in [0, 0.1) is 0 Å². The molecule has 1 saturated heterocycles. The van der Waals surface area contributed by atoms with Gasteiger partial charge in [-0.15, -0.1) is 0 Å². The summed E-state index contributed by atoms with van der Waals surface area (Å²) in [6.07, 6.45) is 4.40. The highest BCUT2D eigenvalue weighted by Crippen LogP contribution is 2.25. The van der Waals surface area contributed by atoms with E-state index in [9.17, 15) is 0 Å². The number of hydrogen-bond donors (Lipinski definition) is 1. The van der Waals surface area contributed by atoms with E-state index in [2.05, 4.69) is 22.0 Å². The molecule has 2 rings (SSSR count). The van der Waals surface area contributed by atoms with Crippen molar-refractivity contribution in [2.45, 2.75) is 37.8 Å². The highest BCUT2D eigenvalue weighted by Gasteiger charge is 2.19. The van der Waals surface area contributed by atoms with Crippen LogP contribution in [-0.2, 0) is 11.2 Å². The van der Waals surface area contributed by atoms with E-state index in [0.717, 1.165) is 48.1 Å². The van der Waals surface area contributed by atoms with E-state index in [1.165, 1.54) is 0 Å². The average molecular weight is 314 g/mol. The van der Waals surface area contributed by atoms with Crippen molar-refractivity contribution in [1.82, 2.24) is 0 Å². The lowest BCUT2D eigenvalue weighted by Crippen LogP contribution is -2.28. The summed E-state index contributed by atoms with van der Waals surface area (Å²) in [6, 6.07) is 6.15. The molecule has 4 heteroatoms. The second kappa shape index (κ2) is 6.55. The summed E-state index contributed by atoms with van der Waals surface area (Å²) in [5.74, 6) is 0.904. The molecule has 2 atom stereocenters. The zero-order valence-electron chi connectivity index (χ0n) is 10.7.